The molecule has 2 amide bonds. The zero-order valence-electron chi connectivity index (χ0n) is 13.0. The number of carbonyl (C=O) groups is 1. The van der Waals surface area contributed by atoms with Crippen molar-refractivity contribution in [1.29, 1.82) is 0 Å². The molecule has 1 heterocycles. The van der Waals surface area contributed by atoms with Crippen LogP contribution in [0.1, 0.15) is 18.1 Å². The predicted molar refractivity (Wildman–Crippen MR) is 92.7 cm³/mol. The number of ether oxygens (including phenoxy) is 1. The minimum atomic E-state index is -0.188. The van der Waals surface area contributed by atoms with Gasteiger partial charge in [0.2, 0.25) is 0 Å². The van der Waals surface area contributed by atoms with Crippen molar-refractivity contribution >= 4 is 29.4 Å². The summed E-state index contributed by atoms with van der Waals surface area (Å²) in [6.07, 6.45) is 3.01. The quantitative estimate of drug-likeness (QED) is 0.861. The Balaban J connectivity index is 1.84. The van der Waals surface area contributed by atoms with Crippen LogP contribution < -0.4 is 5.32 Å². The number of carbonyl (C=O) groups excluding carboxylic acids is 1. The van der Waals surface area contributed by atoms with E-state index in [0.29, 0.717) is 17.5 Å². The Labute approximate surface area is 141 Å². The Hall–Kier alpha value is -0.910. The minimum absolute atomic E-state index is 0.00678. The van der Waals surface area contributed by atoms with Crippen molar-refractivity contribution in [1.82, 2.24) is 10.2 Å². The molecule has 22 heavy (non-hydrogen) atoms. The molecule has 1 aliphatic heterocycles. The molecule has 6 heteroatoms. The Bertz CT molecular complexity index is 501. The molecule has 0 aliphatic carbocycles. The molecule has 0 spiro atoms. The second-order valence-corrected chi connectivity index (χ2v) is 6.87. The maximum absolute atomic E-state index is 12.2. The molecule has 1 saturated heterocycles. The fourth-order valence-electron chi connectivity index (χ4n) is 2.72. The normalized spacial score (nSPS) is 19.2. The second kappa shape index (κ2) is 8.65. The van der Waals surface area contributed by atoms with Crippen LogP contribution in [0, 0.1) is 5.92 Å². The number of rotatable bonds is 6. The van der Waals surface area contributed by atoms with E-state index in [1.165, 1.54) is 0 Å². The number of likely N-dealkylation sites (tertiary alicyclic amines) is 1. The summed E-state index contributed by atoms with van der Waals surface area (Å²) in [4.78, 5) is 14.1. The number of nitrogens with zero attached hydrogens (tertiary/aromatic N) is 1. The van der Waals surface area contributed by atoms with Crippen LogP contribution in [0.4, 0.5) is 4.79 Å². The van der Waals surface area contributed by atoms with E-state index in [1.807, 2.05) is 40.9 Å². The minimum Gasteiger partial charge on any atom is -0.375 e. The zero-order chi connectivity index (χ0) is 15.9. The average Bonchev–Trinajstić information content (AvgIpc) is 2.97. The topological polar surface area (TPSA) is 41.6 Å². The van der Waals surface area contributed by atoms with Gasteiger partial charge in [0.1, 0.15) is 0 Å². The summed E-state index contributed by atoms with van der Waals surface area (Å²) in [5.41, 5.74) is 0.969. The van der Waals surface area contributed by atoms with Crippen LogP contribution >= 0.6 is 23.4 Å². The summed E-state index contributed by atoms with van der Waals surface area (Å²) in [5.74, 6) is 1.74. The molecule has 2 unspecified atom stereocenters. The standard InChI is InChI=1S/C16H23ClN2O2S/c1-21-15(13-4-3-5-14(17)8-13)9-18-16(20)19-7-6-12(10-19)11-22-2/h3-5,8,12,15H,6-7,9-11H2,1-2H3,(H,18,20). The molecule has 1 fully saturated rings. The monoisotopic (exact) mass is 342 g/mol. The van der Waals surface area contributed by atoms with Crippen LogP contribution in [0.2, 0.25) is 5.02 Å². The van der Waals surface area contributed by atoms with Crippen LogP contribution in [-0.4, -0.2) is 49.7 Å². The SMILES string of the molecule is COC(CNC(=O)N1CCC(CSC)C1)c1cccc(Cl)c1. The van der Waals surface area contributed by atoms with Crippen molar-refractivity contribution in [3.63, 3.8) is 0 Å². The lowest BCUT2D eigenvalue weighted by molar-refractivity contribution is 0.102. The van der Waals surface area contributed by atoms with E-state index in [9.17, 15) is 4.79 Å². The molecule has 0 aromatic heterocycles. The molecule has 1 N–H and O–H groups in total. The molecule has 1 aromatic rings. The van der Waals surface area contributed by atoms with Gasteiger partial charge in [-0.1, -0.05) is 23.7 Å². The summed E-state index contributed by atoms with van der Waals surface area (Å²) < 4.78 is 5.47. The molecule has 2 rings (SSSR count). The van der Waals surface area contributed by atoms with Gasteiger partial charge in [0.15, 0.2) is 0 Å². The Morgan fingerprint density at radius 1 is 1.59 bits per heavy atom. The van der Waals surface area contributed by atoms with E-state index in [2.05, 4.69) is 11.6 Å². The van der Waals surface area contributed by atoms with E-state index in [-0.39, 0.29) is 12.1 Å². The fraction of sp³-hybridized carbons (Fsp3) is 0.562. The van der Waals surface area contributed by atoms with Gasteiger partial charge in [-0.05, 0) is 42.0 Å². The molecule has 4 nitrogen and oxygen atoms in total. The highest BCUT2D eigenvalue weighted by molar-refractivity contribution is 7.98. The predicted octanol–water partition coefficient (Wildman–Crippen LogP) is 3.42. The lowest BCUT2D eigenvalue weighted by Gasteiger charge is -2.21. The highest BCUT2D eigenvalue weighted by Gasteiger charge is 2.26. The van der Waals surface area contributed by atoms with Crippen molar-refractivity contribution < 1.29 is 9.53 Å². The summed E-state index contributed by atoms with van der Waals surface area (Å²) in [6.45, 7) is 2.13. The number of benzene rings is 1. The highest BCUT2D eigenvalue weighted by atomic mass is 35.5. The fourth-order valence-corrected chi connectivity index (χ4v) is 3.67. The van der Waals surface area contributed by atoms with Gasteiger partial charge in [-0.15, -0.1) is 0 Å². The zero-order valence-corrected chi connectivity index (χ0v) is 14.6. The third-order valence-electron chi connectivity index (χ3n) is 3.92. The second-order valence-electron chi connectivity index (χ2n) is 5.52. The molecule has 1 aromatic carbocycles. The van der Waals surface area contributed by atoms with Gasteiger partial charge in [-0.25, -0.2) is 4.79 Å². The van der Waals surface area contributed by atoms with Gasteiger partial charge >= 0.3 is 6.03 Å². The van der Waals surface area contributed by atoms with Gasteiger partial charge < -0.3 is 15.0 Å². The largest absolute Gasteiger partial charge is 0.375 e. The van der Waals surface area contributed by atoms with Crippen molar-refractivity contribution in [3.8, 4) is 0 Å². The molecule has 0 radical (unpaired) electrons. The summed E-state index contributed by atoms with van der Waals surface area (Å²) in [7, 11) is 1.64. The van der Waals surface area contributed by atoms with Crippen molar-refractivity contribution in [2.45, 2.75) is 12.5 Å². The van der Waals surface area contributed by atoms with E-state index in [1.54, 1.807) is 7.11 Å². The van der Waals surface area contributed by atoms with Crippen LogP contribution in [0.5, 0.6) is 0 Å². The third-order valence-corrected chi connectivity index (χ3v) is 4.96. The first-order valence-corrected chi connectivity index (χ1v) is 9.21. The van der Waals surface area contributed by atoms with Gasteiger partial charge in [0.25, 0.3) is 0 Å². The molecule has 1 aliphatic rings. The van der Waals surface area contributed by atoms with Gasteiger partial charge in [-0.3, -0.25) is 0 Å². The van der Waals surface area contributed by atoms with Crippen LogP contribution in [0.25, 0.3) is 0 Å². The molecular weight excluding hydrogens is 320 g/mol. The summed E-state index contributed by atoms with van der Waals surface area (Å²) in [6, 6.07) is 7.53. The molecule has 2 atom stereocenters. The highest BCUT2D eigenvalue weighted by Crippen LogP contribution is 2.21. The number of urea groups is 1. The van der Waals surface area contributed by atoms with Gasteiger partial charge in [-0.2, -0.15) is 11.8 Å². The number of hydrogen-bond donors (Lipinski definition) is 1. The molecule has 122 valence electrons. The van der Waals surface area contributed by atoms with E-state index >= 15 is 0 Å². The lowest BCUT2D eigenvalue weighted by Crippen LogP contribution is -2.40. The number of halogens is 1. The van der Waals surface area contributed by atoms with Gasteiger partial charge in [0, 0.05) is 31.8 Å². The van der Waals surface area contributed by atoms with Gasteiger partial charge in [0.05, 0.1) is 6.10 Å². The van der Waals surface area contributed by atoms with Crippen molar-refractivity contribution in [2.75, 3.05) is 38.8 Å². The number of hydrogen-bond acceptors (Lipinski definition) is 3. The molecule has 0 saturated carbocycles. The van der Waals surface area contributed by atoms with Crippen LogP contribution in [0.3, 0.4) is 0 Å². The summed E-state index contributed by atoms with van der Waals surface area (Å²) >= 11 is 7.85. The first-order chi connectivity index (χ1) is 10.6. The third kappa shape index (κ3) is 4.80. The van der Waals surface area contributed by atoms with Crippen LogP contribution in [-0.2, 0) is 4.74 Å². The van der Waals surface area contributed by atoms with Crippen LogP contribution in [0.15, 0.2) is 24.3 Å². The number of methoxy groups -OCH3 is 1. The molecular formula is C16H23ClN2O2S. The van der Waals surface area contributed by atoms with E-state index in [0.717, 1.165) is 30.8 Å². The number of amides is 2. The van der Waals surface area contributed by atoms with E-state index in [4.69, 9.17) is 16.3 Å². The van der Waals surface area contributed by atoms with Crippen molar-refractivity contribution in [3.05, 3.63) is 34.9 Å². The maximum atomic E-state index is 12.2. The smallest absolute Gasteiger partial charge is 0.317 e. The Morgan fingerprint density at radius 2 is 2.41 bits per heavy atom. The number of nitrogens with one attached hydrogen (secondary N) is 1. The maximum Gasteiger partial charge on any atom is 0.317 e. The molecule has 0 bridgehead atoms. The lowest BCUT2D eigenvalue weighted by atomic mass is 10.1. The first kappa shape index (κ1) is 17.4. The Kier molecular flexibility index (Phi) is 6.86. The Morgan fingerprint density at radius 3 is 3.09 bits per heavy atom. The first-order valence-electron chi connectivity index (χ1n) is 7.44. The summed E-state index contributed by atoms with van der Waals surface area (Å²) in [5, 5.41) is 3.64. The average molecular weight is 343 g/mol. The van der Waals surface area contributed by atoms with Crippen molar-refractivity contribution in [2.24, 2.45) is 5.92 Å². The number of thioether (sulfide) groups is 1. The van der Waals surface area contributed by atoms with E-state index < -0.39 is 0 Å².